The van der Waals surface area contributed by atoms with Crippen LogP contribution >= 0.6 is 12.4 Å². The summed E-state index contributed by atoms with van der Waals surface area (Å²) in [7, 11) is 1.54. The third-order valence-electron chi connectivity index (χ3n) is 3.40. The Kier molecular flexibility index (Phi) is 6.52. The van der Waals surface area contributed by atoms with Gasteiger partial charge < -0.3 is 15.2 Å². The molecule has 0 bridgehead atoms. The predicted molar refractivity (Wildman–Crippen MR) is 79.6 cm³/mol. The van der Waals surface area contributed by atoms with Crippen LogP contribution in [0.1, 0.15) is 18.1 Å². The van der Waals surface area contributed by atoms with Crippen molar-refractivity contribution in [3.05, 3.63) is 29.8 Å². The lowest BCUT2D eigenvalue weighted by atomic mass is 10.1. The SMILES string of the molecule is COc1ccc(C(O)CNC(=O)C2CC(F)(F)CN2)cc1.Cl. The molecule has 1 aromatic carbocycles. The second-order valence-corrected chi connectivity index (χ2v) is 5.03. The molecule has 2 unspecified atom stereocenters. The van der Waals surface area contributed by atoms with Gasteiger partial charge in [0, 0.05) is 13.0 Å². The van der Waals surface area contributed by atoms with E-state index in [9.17, 15) is 18.7 Å². The summed E-state index contributed by atoms with van der Waals surface area (Å²) >= 11 is 0. The molecule has 22 heavy (non-hydrogen) atoms. The number of benzene rings is 1. The fraction of sp³-hybridized carbons (Fsp3) is 0.500. The fourth-order valence-corrected chi connectivity index (χ4v) is 2.17. The van der Waals surface area contributed by atoms with Crippen molar-refractivity contribution < 1.29 is 23.4 Å². The molecule has 1 aromatic rings. The van der Waals surface area contributed by atoms with Crippen molar-refractivity contribution in [1.29, 1.82) is 0 Å². The van der Waals surface area contributed by atoms with Gasteiger partial charge >= 0.3 is 0 Å². The Hall–Kier alpha value is -1.44. The zero-order chi connectivity index (χ0) is 15.5. The molecule has 1 heterocycles. The number of ether oxygens (including phenoxy) is 1. The van der Waals surface area contributed by atoms with Crippen LogP contribution in [0.5, 0.6) is 5.75 Å². The maximum Gasteiger partial charge on any atom is 0.262 e. The summed E-state index contributed by atoms with van der Waals surface area (Å²) in [5.41, 5.74) is 0.612. The predicted octanol–water partition coefficient (Wildman–Crippen LogP) is 1.26. The Morgan fingerprint density at radius 3 is 2.64 bits per heavy atom. The molecule has 1 saturated heterocycles. The van der Waals surface area contributed by atoms with Crippen molar-refractivity contribution in [1.82, 2.24) is 10.6 Å². The van der Waals surface area contributed by atoms with E-state index in [0.717, 1.165) is 0 Å². The second kappa shape index (κ2) is 7.71. The highest BCUT2D eigenvalue weighted by Crippen LogP contribution is 2.25. The zero-order valence-corrected chi connectivity index (χ0v) is 12.8. The fourth-order valence-electron chi connectivity index (χ4n) is 2.17. The highest BCUT2D eigenvalue weighted by atomic mass is 35.5. The van der Waals surface area contributed by atoms with E-state index in [0.29, 0.717) is 11.3 Å². The summed E-state index contributed by atoms with van der Waals surface area (Å²) < 4.78 is 31.0. The summed E-state index contributed by atoms with van der Waals surface area (Å²) in [5, 5.41) is 14.9. The summed E-state index contributed by atoms with van der Waals surface area (Å²) in [6.07, 6.45) is -1.42. The molecule has 124 valence electrons. The number of hydrogen-bond acceptors (Lipinski definition) is 4. The summed E-state index contributed by atoms with van der Waals surface area (Å²) in [6.45, 7) is -0.527. The first-order valence-corrected chi connectivity index (χ1v) is 6.62. The number of amides is 1. The Morgan fingerprint density at radius 2 is 2.14 bits per heavy atom. The maximum atomic E-state index is 13.0. The Bertz CT molecular complexity index is 499. The minimum atomic E-state index is -2.85. The topological polar surface area (TPSA) is 70.6 Å². The number of alkyl halides is 2. The van der Waals surface area contributed by atoms with Crippen molar-refractivity contribution >= 4 is 18.3 Å². The molecule has 2 rings (SSSR count). The van der Waals surface area contributed by atoms with E-state index < -0.39 is 36.9 Å². The molecule has 1 aliphatic rings. The first-order chi connectivity index (χ1) is 9.91. The van der Waals surface area contributed by atoms with E-state index in [4.69, 9.17) is 4.74 Å². The molecule has 0 aliphatic carbocycles. The molecule has 0 saturated carbocycles. The molecule has 3 N–H and O–H groups in total. The lowest BCUT2D eigenvalue weighted by Crippen LogP contribution is -2.41. The highest BCUT2D eigenvalue weighted by molar-refractivity contribution is 5.85. The first-order valence-electron chi connectivity index (χ1n) is 6.62. The molecular formula is C14H19ClF2N2O3. The number of nitrogens with one attached hydrogen (secondary N) is 2. The average Bonchev–Trinajstić information content (AvgIpc) is 2.84. The largest absolute Gasteiger partial charge is 0.497 e. The van der Waals surface area contributed by atoms with E-state index in [1.807, 2.05) is 0 Å². The highest BCUT2D eigenvalue weighted by Gasteiger charge is 2.42. The van der Waals surface area contributed by atoms with Crippen molar-refractivity contribution in [2.75, 3.05) is 20.2 Å². The molecule has 0 aromatic heterocycles. The monoisotopic (exact) mass is 336 g/mol. The maximum absolute atomic E-state index is 13.0. The van der Waals surface area contributed by atoms with Gasteiger partial charge in [-0.3, -0.25) is 10.1 Å². The summed E-state index contributed by atoms with van der Waals surface area (Å²) in [4.78, 5) is 11.7. The Morgan fingerprint density at radius 1 is 1.50 bits per heavy atom. The Balaban J connectivity index is 0.00000242. The number of methoxy groups -OCH3 is 1. The quantitative estimate of drug-likeness (QED) is 0.757. The van der Waals surface area contributed by atoms with Crippen LogP contribution in [0.15, 0.2) is 24.3 Å². The van der Waals surface area contributed by atoms with Crippen molar-refractivity contribution in [2.24, 2.45) is 0 Å². The van der Waals surface area contributed by atoms with E-state index in [1.165, 1.54) is 7.11 Å². The third kappa shape index (κ3) is 4.79. The van der Waals surface area contributed by atoms with Crippen LogP contribution in [0.25, 0.3) is 0 Å². The number of rotatable bonds is 5. The standard InChI is InChI=1S/C14H18F2N2O3.ClH/c1-21-10-4-2-9(3-5-10)12(19)7-17-13(20)11-6-14(15,16)8-18-11;/h2-5,11-12,18-19H,6-8H2,1H3,(H,17,20);1H. The molecule has 2 atom stereocenters. The molecule has 0 radical (unpaired) electrons. The Labute approximate surface area is 133 Å². The molecule has 8 heteroatoms. The van der Waals surface area contributed by atoms with Gasteiger partial charge in [0.25, 0.3) is 5.92 Å². The number of carbonyl (C=O) groups is 1. The van der Waals surface area contributed by atoms with Gasteiger partial charge in [-0.15, -0.1) is 12.4 Å². The van der Waals surface area contributed by atoms with E-state index in [1.54, 1.807) is 24.3 Å². The lowest BCUT2D eigenvalue weighted by Gasteiger charge is -2.15. The first kappa shape index (κ1) is 18.6. The minimum Gasteiger partial charge on any atom is -0.497 e. The number of hydrogen-bond donors (Lipinski definition) is 3. The lowest BCUT2D eigenvalue weighted by molar-refractivity contribution is -0.123. The molecule has 0 spiro atoms. The van der Waals surface area contributed by atoms with Crippen molar-refractivity contribution in [2.45, 2.75) is 24.5 Å². The van der Waals surface area contributed by atoms with Crippen LogP contribution in [-0.4, -0.2) is 43.2 Å². The molecule has 1 amide bonds. The van der Waals surface area contributed by atoms with Crippen LogP contribution in [0.2, 0.25) is 0 Å². The van der Waals surface area contributed by atoms with Gasteiger partial charge in [-0.25, -0.2) is 8.78 Å². The van der Waals surface area contributed by atoms with Crippen LogP contribution in [0.4, 0.5) is 8.78 Å². The number of aliphatic hydroxyl groups excluding tert-OH is 1. The van der Waals surface area contributed by atoms with Crippen molar-refractivity contribution in [3.63, 3.8) is 0 Å². The van der Waals surface area contributed by atoms with Crippen LogP contribution in [0, 0.1) is 0 Å². The van der Waals surface area contributed by atoms with E-state index in [-0.39, 0.29) is 19.0 Å². The second-order valence-electron chi connectivity index (χ2n) is 5.03. The molecule has 1 aliphatic heterocycles. The summed E-state index contributed by atoms with van der Waals surface area (Å²) in [5.74, 6) is -2.72. The average molecular weight is 337 g/mol. The third-order valence-corrected chi connectivity index (χ3v) is 3.40. The van der Waals surface area contributed by atoms with Crippen LogP contribution in [0.3, 0.4) is 0 Å². The van der Waals surface area contributed by atoms with E-state index in [2.05, 4.69) is 10.6 Å². The van der Waals surface area contributed by atoms with Gasteiger partial charge in [0.2, 0.25) is 5.91 Å². The van der Waals surface area contributed by atoms with Gasteiger partial charge in [0.15, 0.2) is 0 Å². The van der Waals surface area contributed by atoms with Crippen molar-refractivity contribution in [3.8, 4) is 5.75 Å². The smallest absolute Gasteiger partial charge is 0.262 e. The number of halogens is 3. The minimum absolute atomic E-state index is 0. The number of aliphatic hydroxyl groups is 1. The zero-order valence-electron chi connectivity index (χ0n) is 12.0. The van der Waals surface area contributed by atoms with Crippen LogP contribution < -0.4 is 15.4 Å². The van der Waals surface area contributed by atoms with E-state index >= 15 is 0 Å². The van der Waals surface area contributed by atoms with Gasteiger partial charge in [-0.05, 0) is 17.7 Å². The molecular weight excluding hydrogens is 318 g/mol. The van der Waals surface area contributed by atoms with Gasteiger partial charge in [-0.1, -0.05) is 12.1 Å². The number of carbonyl (C=O) groups excluding carboxylic acids is 1. The molecule has 5 nitrogen and oxygen atoms in total. The summed E-state index contributed by atoms with van der Waals surface area (Å²) in [6, 6.07) is 5.83. The van der Waals surface area contributed by atoms with Gasteiger partial charge in [-0.2, -0.15) is 0 Å². The van der Waals surface area contributed by atoms with Crippen LogP contribution in [-0.2, 0) is 4.79 Å². The molecule has 1 fully saturated rings. The van der Waals surface area contributed by atoms with Gasteiger partial charge in [0.05, 0.1) is 25.8 Å². The van der Waals surface area contributed by atoms with Gasteiger partial charge in [0.1, 0.15) is 5.75 Å². The normalized spacial score (nSPS) is 20.8.